The smallest absolute Gasteiger partial charge is 0.0746 e. The third-order valence-corrected chi connectivity index (χ3v) is 2.50. The summed E-state index contributed by atoms with van der Waals surface area (Å²) < 4.78 is 5.35. The van der Waals surface area contributed by atoms with E-state index >= 15 is 0 Å². The number of ether oxygens (including phenoxy) is 1. The summed E-state index contributed by atoms with van der Waals surface area (Å²) in [5.41, 5.74) is -0.0405. The van der Waals surface area contributed by atoms with Gasteiger partial charge in [0.05, 0.1) is 5.60 Å². The van der Waals surface area contributed by atoms with Crippen LogP contribution < -0.4 is 5.32 Å². The minimum absolute atomic E-state index is 0.0405. The standard InChI is InChI=1S/C11H25NO/c1-6-8-10(7-2)12-9-11(3,4)13-5/h10,12H,6-9H2,1-5H3. The van der Waals surface area contributed by atoms with Gasteiger partial charge >= 0.3 is 0 Å². The highest BCUT2D eigenvalue weighted by Crippen LogP contribution is 2.07. The van der Waals surface area contributed by atoms with Crippen molar-refractivity contribution in [2.75, 3.05) is 13.7 Å². The van der Waals surface area contributed by atoms with Gasteiger partial charge in [-0.15, -0.1) is 0 Å². The maximum atomic E-state index is 5.35. The molecule has 13 heavy (non-hydrogen) atoms. The fraction of sp³-hybridized carbons (Fsp3) is 1.00. The van der Waals surface area contributed by atoms with E-state index in [1.54, 1.807) is 7.11 Å². The molecule has 1 atom stereocenters. The van der Waals surface area contributed by atoms with Gasteiger partial charge < -0.3 is 10.1 Å². The zero-order valence-corrected chi connectivity index (χ0v) is 9.81. The van der Waals surface area contributed by atoms with Crippen LogP contribution in [0.25, 0.3) is 0 Å². The maximum Gasteiger partial charge on any atom is 0.0746 e. The molecule has 0 aromatic rings. The lowest BCUT2D eigenvalue weighted by molar-refractivity contribution is 0.0207. The largest absolute Gasteiger partial charge is 0.377 e. The highest BCUT2D eigenvalue weighted by Gasteiger charge is 2.17. The average molecular weight is 187 g/mol. The molecule has 0 rings (SSSR count). The molecule has 0 aliphatic carbocycles. The SMILES string of the molecule is CCCC(CC)NCC(C)(C)OC. The van der Waals surface area contributed by atoms with Crippen molar-refractivity contribution >= 4 is 0 Å². The fourth-order valence-corrected chi connectivity index (χ4v) is 1.26. The Balaban J connectivity index is 3.70. The lowest BCUT2D eigenvalue weighted by Crippen LogP contribution is -2.41. The number of hydrogen-bond acceptors (Lipinski definition) is 2. The second-order valence-corrected chi connectivity index (χ2v) is 4.24. The van der Waals surface area contributed by atoms with Gasteiger partial charge in [0.2, 0.25) is 0 Å². The van der Waals surface area contributed by atoms with E-state index in [-0.39, 0.29) is 5.60 Å². The van der Waals surface area contributed by atoms with Crippen molar-refractivity contribution in [1.29, 1.82) is 0 Å². The molecule has 1 N–H and O–H groups in total. The summed E-state index contributed by atoms with van der Waals surface area (Å²) in [6, 6.07) is 0.652. The normalized spacial score (nSPS) is 14.5. The van der Waals surface area contributed by atoms with Crippen LogP contribution >= 0.6 is 0 Å². The first-order valence-electron chi connectivity index (χ1n) is 5.34. The summed E-state index contributed by atoms with van der Waals surface area (Å²) >= 11 is 0. The Morgan fingerprint density at radius 3 is 2.31 bits per heavy atom. The highest BCUT2D eigenvalue weighted by atomic mass is 16.5. The van der Waals surface area contributed by atoms with E-state index in [1.807, 2.05) is 0 Å². The van der Waals surface area contributed by atoms with Gasteiger partial charge in [-0.3, -0.25) is 0 Å². The second kappa shape index (κ2) is 6.39. The summed E-state index contributed by atoms with van der Waals surface area (Å²) in [5.74, 6) is 0. The molecule has 0 amide bonds. The average Bonchev–Trinajstić information content (AvgIpc) is 2.12. The summed E-state index contributed by atoms with van der Waals surface area (Å²) in [6.45, 7) is 9.61. The van der Waals surface area contributed by atoms with Gasteiger partial charge in [-0.05, 0) is 26.7 Å². The van der Waals surface area contributed by atoms with Crippen LogP contribution in [0.1, 0.15) is 47.0 Å². The summed E-state index contributed by atoms with van der Waals surface area (Å²) in [7, 11) is 1.77. The summed E-state index contributed by atoms with van der Waals surface area (Å²) in [6.07, 6.45) is 3.71. The molecular formula is C11H25NO. The van der Waals surface area contributed by atoms with Crippen LogP contribution in [0.4, 0.5) is 0 Å². The van der Waals surface area contributed by atoms with Crippen molar-refractivity contribution in [2.24, 2.45) is 0 Å². The van der Waals surface area contributed by atoms with Crippen LogP contribution in [0.2, 0.25) is 0 Å². The first kappa shape index (κ1) is 12.9. The van der Waals surface area contributed by atoms with Crippen LogP contribution in [0.3, 0.4) is 0 Å². The molecule has 0 radical (unpaired) electrons. The van der Waals surface area contributed by atoms with Crippen molar-refractivity contribution in [2.45, 2.75) is 58.6 Å². The molecule has 0 saturated heterocycles. The molecule has 0 spiro atoms. The molecule has 1 unspecified atom stereocenters. The van der Waals surface area contributed by atoms with Crippen molar-refractivity contribution in [3.63, 3.8) is 0 Å². The van der Waals surface area contributed by atoms with E-state index in [4.69, 9.17) is 4.74 Å². The van der Waals surface area contributed by atoms with Gasteiger partial charge in [0, 0.05) is 19.7 Å². The van der Waals surface area contributed by atoms with Crippen molar-refractivity contribution in [1.82, 2.24) is 5.32 Å². The third kappa shape index (κ3) is 6.05. The van der Waals surface area contributed by atoms with Crippen LogP contribution in [0.15, 0.2) is 0 Å². The minimum atomic E-state index is -0.0405. The molecule has 2 heteroatoms. The highest BCUT2D eigenvalue weighted by molar-refractivity contribution is 4.74. The molecule has 0 fully saturated rings. The zero-order valence-electron chi connectivity index (χ0n) is 9.81. The van der Waals surface area contributed by atoms with E-state index in [9.17, 15) is 0 Å². The van der Waals surface area contributed by atoms with Crippen LogP contribution in [0.5, 0.6) is 0 Å². The van der Waals surface area contributed by atoms with Crippen LogP contribution in [-0.4, -0.2) is 25.3 Å². The Kier molecular flexibility index (Phi) is 6.35. The summed E-state index contributed by atoms with van der Waals surface area (Å²) in [4.78, 5) is 0. The van der Waals surface area contributed by atoms with E-state index in [2.05, 4.69) is 33.0 Å². The quantitative estimate of drug-likeness (QED) is 0.661. The van der Waals surface area contributed by atoms with Gasteiger partial charge in [0.1, 0.15) is 0 Å². The molecule has 0 aromatic carbocycles. The van der Waals surface area contributed by atoms with Gasteiger partial charge in [0.15, 0.2) is 0 Å². The summed E-state index contributed by atoms with van der Waals surface area (Å²) in [5, 5.41) is 3.54. The zero-order chi connectivity index (χ0) is 10.3. The molecule has 2 nitrogen and oxygen atoms in total. The predicted molar refractivity (Wildman–Crippen MR) is 58.1 cm³/mol. The maximum absolute atomic E-state index is 5.35. The lowest BCUT2D eigenvalue weighted by atomic mass is 10.1. The topological polar surface area (TPSA) is 21.3 Å². The number of rotatable bonds is 7. The lowest BCUT2D eigenvalue weighted by Gasteiger charge is -2.26. The monoisotopic (exact) mass is 187 g/mol. The first-order valence-corrected chi connectivity index (χ1v) is 5.34. The second-order valence-electron chi connectivity index (χ2n) is 4.24. The fourth-order valence-electron chi connectivity index (χ4n) is 1.26. The molecule has 0 heterocycles. The van der Waals surface area contributed by atoms with Gasteiger partial charge in [-0.2, -0.15) is 0 Å². The molecule has 0 saturated carbocycles. The predicted octanol–water partition coefficient (Wildman–Crippen LogP) is 2.58. The number of hydrogen-bond donors (Lipinski definition) is 1. The Bertz CT molecular complexity index is 123. The van der Waals surface area contributed by atoms with Crippen molar-refractivity contribution in [3.05, 3.63) is 0 Å². The van der Waals surface area contributed by atoms with E-state index < -0.39 is 0 Å². The Morgan fingerprint density at radius 1 is 1.31 bits per heavy atom. The van der Waals surface area contributed by atoms with E-state index in [0.717, 1.165) is 6.54 Å². The number of nitrogens with one attached hydrogen (secondary N) is 1. The molecule has 80 valence electrons. The van der Waals surface area contributed by atoms with Crippen LogP contribution in [-0.2, 0) is 4.74 Å². The molecular weight excluding hydrogens is 162 g/mol. The van der Waals surface area contributed by atoms with Crippen LogP contribution in [0, 0.1) is 0 Å². The molecule has 0 aliphatic heterocycles. The van der Waals surface area contributed by atoms with Gasteiger partial charge in [-0.1, -0.05) is 20.3 Å². The Hall–Kier alpha value is -0.0800. The third-order valence-electron chi connectivity index (χ3n) is 2.50. The van der Waals surface area contributed by atoms with E-state index in [1.165, 1.54) is 19.3 Å². The Morgan fingerprint density at radius 2 is 1.92 bits per heavy atom. The van der Waals surface area contributed by atoms with Gasteiger partial charge in [0.25, 0.3) is 0 Å². The first-order chi connectivity index (χ1) is 6.05. The number of methoxy groups -OCH3 is 1. The van der Waals surface area contributed by atoms with E-state index in [0.29, 0.717) is 6.04 Å². The van der Waals surface area contributed by atoms with Crippen molar-refractivity contribution in [3.8, 4) is 0 Å². The molecule has 0 bridgehead atoms. The minimum Gasteiger partial charge on any atom is -0.377 e. The van der Waals surface area contributed by atoms with Gasteiger partial charge in [-0.25, -0.2) is 0 Å². The molecule has 0 aliphatic rings. The molecule has 0 aromatic heterocycles. The Labute approximate surface area is 83.1 Å². The van der Waals surface area contributed by atoms with Crippen molar-refractivity contribution < 1.29 is 4.74 Å².